The molecule has 0 saturated heterocycles. The lowest BCUT2D eigenvalue weighted by molar-refractivity contribution is 0.626. The average Bonchev–Trinajstić information content (AvgIpc) is 2.71. The van der Waals surface area contributed by atoms with Crippen LogP contribution in [0.15, 0.2) is 47.4 Å². The molecule has 0 radical (unpaired) electrons. The molecule has 3 aromatic rings. The summed E-state index contributed by atoms with van der Waals surface area (Å²) < 4.78 is 15.5. The Kier molecular flexibility index (Phi) is 5.18. The predicted molar refractivity (Wildman–Crippen MR) is 102 cm³/mol. The molecule has 2 aromatic carbocycles. The Morgan fingerprint density at radius 3 is 2.71 bits per heavy atom. The van der Waals surface area contributed by atoms with Crippen LogP contribution in [0.3, 0.4) is 0 Å². The summed E-state index contributed by atoms with van der Waals surface area (Å²) in [5, 5.41) is 4.86. The third kappa shape index (κ3) is 3.18. The van der Waals surface area contributed by atoms with Crippen LogP contribution < -0.4 is 5.32 Å². The second kappa shape index (κ2) is 7.18. The van der Waals surface area contributed by atoms with E-state index in [1.165, 1.54) is 39.9 Å². The van der Waals surface area contributed by atoms with E-state index < -0.39 is 0 Å². The molecule has 1 aliphatic rings. The zero-order valence-electron chi connectivity index (χ0n) is 13.5. The zero-order chi connectivity index (χ0) is 15.8. The third-order valence-corrected chi connectivity index (χ3v) is 5.45. The maximum absolute atomic E-state index is 13.2. The normalized spacial score (nSPS) is 14.1. The average molecular weight is 363 g/mol. The van der Waals surface area contributed by atoms with Crippen molar-refractivity contribution in [3.05, 3.63) is 65.1 Å². The maximum Gasteiger partial charge on any atom is 0.123 e. The van der Waals surface area contributed by atoms with Gasteiger partial charge in [-0.15, -0.1) is 12.4 Å². The number of hydrogen-bond acceptors (Lipinski definition) is 2. The monoisotopic (exact) mass is 362 g/mol. The highest BCUT2D eigenvalue weighted by Gasteiger charge is 2.19. The van der Waals surface area contributed by atoms with Crippen molar-refractivity contribution in [1.82, 2.24) is 9.29 Å². The fourth-order valence-electron chi connectivity index (χ4n) is 3.24. The minimum absolute atomic E-state index is 0. The Morgan fingerprint density at radius 1 is 1.12 bits per heavy atom. The van der Waals surface area contributed by atoms with Crippen molar-refractivity contribution in [2.75, 3.05) is 6.54 Å². The van der Waals surface area contributed by atoms with Gasteiger partial charge in [-0.2, -0.15) is 0 Å². The van der Waals surface area contributed by atoms with Crippen molar-refractivity contribution < 1.29 is 4.39 Å². The molecule has 0 saturated carbocycles. The van der Waals surface area contributed by atoms with Gasteiger partial charge in [-0.05, 0) is 80.2 Å². The fourth-order valence-corrected chi connectivity index (χ4v) is 4.28. The summed E-state index contributed by atoms with van der Waals surface area (Å²) in [6.07, 6.45) is 2.22. The molecular weight excluding hydrogens is 343 g/mol. The second-order valence-electron chi connectivity index (χ2n) is 6.07. The predicted octanol–water partition coefficient (Wildman–Crippen LogP) is 5.10. The molecule has 126 valence electrons. The fraction of sp³-hybridized carbons (Fsp3) is 0.263. The summed E-state index contributed by atoms with van der Waals surface area (Å²) in [5.74, 6) is -0.189. The van der Waals surface area contributed by atoms with Gasteiger partial charge < -0.3 is 5.32 Å². The molecule has 1 aromatic heterocycles. The molecule has 4 rings (SSSR count). The number of nitrogens with one attached hydrogen (secondary N) is 1. The highest BCUT2D eigenvalue weighted by atomic mass is 35.5. The third-order valence-electron chi connectivity index (χ3n) is 4.37. The molecule has 2 heterocycles. The summed E-state index contributed by atoms with van der Waals surface area (Å²) >= 11 is 1.68. The van der Waals surface area contributed by atoms with Crippen LogP contribution in [-0.4, -0.2) is 10.5 Å². The van der Waals surface area contributed by atoms with Crippen molar-refractivity contribution >= 4 is 35.3 Å². The molecule has 1 N–H and O–H groups in total. The highest BCUT2D eigenvalue weighted by Crippen LogP contribution is 2.35. The lowest BCUT2D eigenvalue weighted by atomic mass is 10.1. The van der Waals surface area contributed by atoms with Crippen molar-refractivity contribution in [2.24, 2.45) is 0 Å². The van der Waals surface area contributed by atoms with Crippen molar-refractivity contribution in [2.45, 2.75) is 31.2 Å². The molecule has 1 aliphatic heterocycles. The summed E-state index contributed by atoms with van der Waals surface area (Å²) in [7, 11) is 0. The van der Waals surface area contributed by atoms with E-state index in [1.807, 2.05) is 12.1 Å². The van der Waals surface area contributed by atoms with Crippen LogP contribution in [-0.2, 0) is 13.0 Å². The molecule has 0 spiro atoms. The first-order valence-corrected chi connectivity index (χ1v) is 8.77. The van der Waals surface area contributed by atoms with Gasteiger partial charge in [0, 0.05) is 22.5 Å². The lowest BCUT2D eigenvalue weighted by Gasteiger charge is -2.10. The van der Waals surface area contributed by atoms with Crippen molar-refractivity contribution in [1.29, 1.82) is 0 Å². The number of aryl methyl sites for hydroxylation is 1. The summed E-state index contributed by atoms with van der Waals surface area (Å²) in [5.41, 5.74) is 5.34. The van der Waals surface area contributed by atoms with Gasteiger partial charge in [-0.3, -0.25) is 3.97 Å². The number of hydrogen-bond donors (Lipinski definition) is 1. The van der Waals surface area contributed by atoms with Crippen LogP contribution in [0.5, 0.6) is 0 Å². The highest BCUT2D eigenvalue weighted by molar-refractivity contribution is 7.98. The first-order chi connectivity index (χ1) is 11.2. The van der Waals surface area contributed by atoms with Crippen molar-refractivity contribution in [3.63, 3.8) is 0 Å². The van der Waals surface area contributed by atoms with E-state index in [0.29, 0.717) is 0 Å². The molecule has 0 amide bonds. The number of nitrogens with zero attached hydrogens (tertiary/aromatic N) is 1. The summed E-state index contributed by atoms with van der Waals surface area (Å²) in [6, 6.07) is 13.4. The molecule has 0 atom stereocenters. The van der Waals surface area contributed by atoms with Crippen LogP contribution in [0.25, 0.3) is 10.9 Å². The Labute approximate surface area is 152 Å². The first kappa shape index (κ1) is 17.3. The molecule has 5 heteroatoms. The minimum atomic E-state index is -0.189. The molecule has 2 nitrogen and oxygen atoms in total. The number of aromatic nitrogens is 1. The number of benzene rings is 2. The number of rotatable bonds is 2. The van der Waals surface area contributed by atoms with Gasteiger partial charge in [0.15, 0.2) is 0 Å². The SMILES string of the molecule is Cc1ccc2c(c1)c1c(n2Sc2ccc(F)cc2)CCCNC1.Cl. The topological polar surface area (TPSA) is 17.0 Å². The van der Waals surface area contributed by atoms with Crippen molar-refractivity contribution in [3.8, 4) is 0 Å². The van der Waals surface area contributed by atoms with Gasteiger partial charge in [-0.25, -0.2) is 4.39 Å². The minimum Gasteiger partial charge on any atom is -0.313 e. The molecule has 0 fully saturated rings. The van der Waals surface area contributed by atoms with E-state index in [1.54, 1.807) is 11.9 Å². The summed E-state index contributed by atoms with van der Waals surface area (Å²) in [6.45, 7) is 4.12. The maximum atomic E-state index is 13.2. The lowest BCUT2D eigenvalue weighted by Crippen LogP contribution is -2.11. The molecular formula is C19H20ClFN2S. The Balaban J connectivity index is 0.00000169. The van der Waals surface area contributed by atoms with E-state index in [4.69, 9.17) is 0 Å². The van der Waals surface area contributed by atoms with Gasteiger partial charge in [0.2, 0.25) is 0 Å². The van der Waals surface area contributed by atoms with Gasteiger partial charge in [0.05, 0.1) is 5.52 Å². The number of halogens is 2. The van der Waals surface area contributed by atoms with Gasteiger partial charge in [0.25, 0.3) is 0 Å². The van der Waals surface area contributed by atoms with Gasteiger partial charge >= 0.3 is 0 Å². The smallest absolute Gasteiger partial charge is 0.123 e. The number of fused-ring (bicyclic) bond motifs is 3. The van der Waals surface area contributed by atoms with Crippen LogP contribution in [0.2, 0.25) is 0 Å². The Hall–Kier alpha value is -1.49. The van der Waals surface area contributed by atoms with Crippen LogP contribution in [0.1, 0.15) is 23.2 Å². The quantitative estimate of drug-likeness (QED) is 0.682. The Bertz CT molecular complexity index is 858. The van der Waals surface area contributed by atoms with Crippen LogP contribution >= 0.6 is 24.4 Å². The van der Waals surface area contributed by atoms with Crippen LogP contribution in [0, 0.1) is 12.7 Å². The zero-order valence-corrected chi connectivity index (χ0v) is 15.1. The molecule has 0 aliphatic carbocycles. The molecule has 0 unspecified atom stereocenters. The largest absolute Gasteiger partial charge is 0.313 e. The van der Waals surface area contributed by atoms with E-state index in [9.17, 15) is 4.39 Å². The Morgan fingerprint density at radius 2 is 1.92 bits per heavy atom. The standard InChI is InChI=1S/C19H19FN2S.ClH/c1-13-4-9-19-16(11-13)17-12-21-10-2-3-18(17)22(19)23-15-7-5-14(20)6-8-15;/h4-9,11,21H,2-3,10,12H2,1H3;1H. The van der Waals surface area contributed by atoms with E-state index in [2.05, 4.69) is 34.4 Å². The first-order valence-electron chi connectivity index (χ1n) is 8.00. The molecule has 24 heavy (non-hydrogen) atoms. The molecule has 0 bridgehead atoms. The van der Waals surface area contributed by atoms with Crippen LogP contribution in [0.4, 0.5) is 4.39 Å². The van der Waals surface area contributed by atoms with Gasteiger partial charge in [-0.1, -0.05) is 11.6 Å². The van der Waals surface area contributed by atoms with E-state index in [0.717, 1.165) is 30.8 Å². The van der Waals surface area contributed by atoms with Gasteiger partial charge in [0.1, 0.15) is 5.82 Å². The summed E-state index contributed by atoms with van der Waals surface area (Å²) in [4.78, 5) is 1.06. The van der Waals surface area contributed by atoms with E-state index in [-0.39, 0.29) is 18.2 Å². The second-order valence-corrected chi connectivity index (χ2v) is 7.08. The van der Waals surface area contributed by atoms with E-state index >= 15 is 0 Å².